The van der Waals surface area contributed by atoms with Crippen molar-refractivity contribution in [2.75, 3.05) is 13.1 Å². The Hall–Kier alpha value is -3.09. The predicted octanol–water partition coefficient (Wildman–Crippen LogP) is 5.07. The van der Waals surface area contributed by atoms with Crippen molar-refractivity contribution in [1.29, 1.82) is 0 Å². The minimum absolute atomic E-state index is 0.190. The van der Waals surface area contributed by atoms with Crippen molar-refractivity contribution >= 4 is 5.91 Å². The normalized spacial score (nSPS) is 16.9. The Morgan fingerprint density at radius 2 is 1.83 bits per heavy atom. The van der Waals surface area contributed by atoms with Gasteiger partial charge in [0.25, 0.3) is 5.91 Å². The van der Waals surface area contributed by atoms with Crippen molar-refractivity contribution < 1.29 is 22.5 Å². The molecular weight excluding hydrogens is 381 g/mol. The molecule has 1 fully saturated rings. The fourth-order valence-electron chi connectivity index (χ4n) is 3.71. The highest BCUT2D eigenvalue weighted by Crippen LogP contribution is 2.32. The van der Waals surface area contributed by atoms with Gasteiger partial charge in [0.15, 0.2) is 5.76 Å². The Morgan fingerprint density at radius 3 is 2.52 bits per heavy atom. The third-order valence-corrected chi connectivity index (χ3v) is 5.22. The summed E-state index contributed by atoms with van der Waals surface area (Å²) in [5.41, 5.74) is 1.14. The van der Waals surface area contributed by atoms with Gasteiger partial charge in [-0.05, 0) is 36.5 Å². The molecule has 150 valence electrons. The largest absolute Gasteiger partial charge is 0.416 e. The van der Waals surface area contributed by atoms with Crippen LogP contribution in [0.25, 0.3) is 11.3 Å². The van der Waals surface area contributed by atoms with Crippen LogP contribution in [0.4, 0.5) is 13.2 Å². The summed E-state index contributed by atoms with van der Waals surface area (Å²) in [5.74, 6) is 0.350. The van der Waals surface area contributed by atoms with E-state index in [-0.39, 0.29) is 17.2 Å². The number of likely N-dealkylation sites (tertiary alicyclic amines) is 1. The van der Waals surface area contributed by atoms with Gasteiger partial charge in [0, 0.05) is 18.7 Å². The fraction of sp³-hybridized carbons (Fsp3) is 0.273. The Balaban J connectivity index is 1.47. The lowest BCUT2D eigenvalue weighted by Gasteiger charge is -2.16. The molecule has 0 saturated carbocycles. The monoisotopic (exact) mass is 400 g/mol. The number of carbonyl (C=O) groups is 1. The quantitative estimate of drug-likeness (QED) is 0.615. The highest BCUT2D eigenvalue weighted by Gasteiger charge is 2.32. The molecule has 1 aliphatic heterocycles. The average molecular weight is 400 g/mol. The molecule has 0 bridgehead atoms. The maximum Gasteiger partial charge on any atom is 0.416 e. The van der Waals surface area contributed by atoms with Gasteiger partial charge in [-0.1, -0.05) is 47.6 Å². The lowest BCUT2D eigenvalue weighted by Crippen LogP contribution is -2.29. The summed E-state index contributed by atoms with van der Waals surface area (Å²) in [6.07, 6.45) is -1.27. The Bertz CT molecular complexity index is 981. The zero-order valence-electron chi connectivity index (χ0n) is 15.5. The van der Waals surface area contributed by atoms with Gasteiger partial charge in [0.05, 0.1) is 11.8 Å². The lowest BCUT2D eigenvalue weighted by molar-refractivity contribution is -0.137. The number of halogens is 3. The van der Waals surface area contributed by atoms with Crippen LogP contribution in [0, 0.1) is 5.92 Å². The zero-order chi connectivity index (χ0) is 20.4. The maximum atomic E-state index is 13.0. The molecule has 7 heteroatoms. The highest BCUT2D eigenvalue weighted by atomic mass is 19.4. The standard InChI is InChI=1S/C22H19F3N2O2/c23-22(24,25)18-8-6-17(7-9-18)20-19(13-26-29-20)21(28)27-11-10-16(14-27)12-15-4-2-1-3-5-15/h1-9,13,16H,10-12,14H2. The molecule has 1 unspecified atom stereocenters. The molecule has 0 radical (unpaired) electrons. The molecule has 3 aromatic rings. The van der Waals surface area contributed by atoms with E-state index in [9.17, 15) is 18.0 Å². The number of benzene rings is 2. The van der Waals surface area contributed by atoms with E-state index in [0.717, 1.165) is 25.0 Å². The molecule has 29 heavy (non-hydrogen) atoms. The molecule has 0 spiro atoms. The Labute approximate surface area is 165 Å². The summed E-state index contributed by atoms with van der Waals surface area (Å²) in [7, 11) is 0. The summed E-state index contributed by atoms with van der Waals surface area (Å²) in [6, 6.07) is 14.7. The summed E-state index contributed by atoms with van der Waals surface area (Å²) >= 11 is 0. The van der Waals surface area contributed by atoms with Crippen LogP contribution >= 0.6 is 0 Å². The van der Waals surface area contributed by atoms with Crippen LogP contribution in [0.2, 0.25) is 0 Å². The van der Waals surface area contributed by atoms with E-state index in [0.29, 0.717) is 24.6 Å². The molecule has 1 aliphatic rings. The van der Waals surface area contributed by atoms with Gasteiger partial charge < -0.3 is 9.42 Å². The van der Waals surface area contributed by atoms with E-state index in [1.165, 1.54) is 23.9 Å². The SMILES string of the molecule is O=C(c1cnoc1-c1ccc(C(F)(F)F)cc1)N1CCC(Cc2ccccc2)C1. The lowest BCUT2D eigenvalue weighted by atomic mass is 9.99. The van der Waals surface area contributed by atoms with Gasteiger partial charge in [0.2, 0.25) is 0 Å². The topological polar surface area (TPSA) is 46.3 Å². The molecule has 0 aliphatic carbocycles. The van der Waals surface area contributed by atoms with Gasteiger partial charge in [-0.15, -0.1) is 0 Å². The summed E-state index contributed by atoms with van der Waals surface area (Å²) in [4.78, 5) is 14.7. The summed E-state index contributed by atoms with van der Waals surface area (Å²) in [6.45, 7) is 1.26. The first-order valence-electron chi connectivity index (χ1n) is 9.37. The molecule has 1 amide bonds. The van der Waals surface area contributed by atoms with Crippen molar-refractivity contribution in [3.8, 4) is 11.3 Å². The molecule has 1 aromatic heterocycles. The van der Waals surface area contributed by atoms with Crippen LogP contribution in [0.3, 0.4) is 0 Å². The van der Waals surface area contributed by atoms with Gasteiger partial charge in [0.1, 0.15) is 5.56 Å². The van der Waals surface area contributed by atoms with E-state index < -0.39 is 11.7 Å². The number of hydrogen-bond donors (Lipinski definition) is 0. The number of carbonyl (C=O) groups excluding carboxylic acids is 1. The number of aromatic nitrogens is 1. The van der Waals surface area contributed by atoms with Gasteiger partial charge in [-0.2, -0.15) is 13.2 Å². The van der Waals surface area contributed by atoms with Crippen LogP contribution in [-0.2, 0) is 12.6 Å². The van der Waals surface area contributed by atoms with Crippen molar-refractivity contribution in [2.45, 2.75) is 19.0 Å². The second-order valence-corrected chi connectivity index (χ2v) is 7.24. The maximum absolute atomic E-state index is 13.0. The molecular formula is C22H19F3N2O2. The zero-order valence-corrected chi connectivity index (χ0v) is 15.5. The van der Waals surface area contributed by atoms with Crippen LogP contribution < -0.4 is 0 Å². The number of nitrogens with zero attached hydrogens (tertiary/aromatic N) is 2. The van der Waals surface area contributed by atoms with Gasteiger partial charge in [-0.3, -0.25) is 4.79 Å². The van der Waals surface area contributed by atoms with Crippen LogP contribution in [0.5, 0.6) is 0 Å². The number of alkyl halides is 3. The minimum Gasteiger partial charge on any atom is -0.355 e. The van der Waals surface area contributed by atoms with Gasteiger partial charge >= 0.3 is 6.18 Å². The molecule has 0 N–H and O–H groups in total. The molecule has 4 nitrogen and oxygen atoms in total. The molecule has 2 aromatic carbocycles. The van der Waals surface area contributed by atoms with E-state index in [2.05, 4.69) is 17.3 Å². The van der Waals surface area contributed by atoms with Crippen molar-refractivity contribution in [3.63, 3.8) is 0 Å². The van der Waals surface area contributed by atoms with E-state index >= 15 is 0 Å². The van der Waals surface area contributed by atoms with Crippen LogP contribution in [0.1, 0.15) is 27.9 Å². The van der Waals surface area contributed by atoms with E-state index in [4.69, 9.17) is 4.52 Å². The van der Waals surface area contributed by atoms with Crippen molar-refractivity contribution in [1.82, 2.24) is 10.1 Å². The predicted molar refractivity (Wildman–Crippen MR) is 101 cm³/mol. The van der Waals surface area contributed by atoms with Crippen LogP contribution in [-0.4, -0.2) is 29.1 Å². The van der Waals surface area contributed by atoms with E-state index in [1.54, 1.807) is 4.90 Å². The molecule has 2 heterocycles. The number of hydrogen-bond acceptors (Lipinski definition) is 3. The summed E-state index contributed by atoms with van der Waals surface area (Å²) in [5, 5.41) is 3.70. The fourth-order valence-corrected chi connectivity index (χ4v) is 3.71. The van der Waals surface area contributed by atoms with Crippen molar-refractivity contribution in [3.05, 3.63) is 77.5 Å². The third-order valence-electron chi connectivity index (χ3n) is 5.22. The highest BCUT2D eigenvalue weighted by molar-refractivity contribution is 5.99. The Morgan fingerprint density at radius 1 is 1.10 bits per heavy atom. The van der Waals surface area contributed by atoms with Gasteiger partial charge in [-0.25, -0.2) is 0 Å². The average Bonchev–Trinajstić information content (AvgIpc) is 3.37. The molecule has 1 saturated heterocycles. The second-order valence-electron chi connectivity index (χ2n) is 7.24. The first-order chi connectivity index (χ1) is 13.9. The smallest absolute Gasteiger partial charge is 0.355 e. The summed E-state index contributed by atoms with van der Waals surface area (Å²) < 4.78 is 43.5. The second kappa shape index (κ2) is 7.73. The minimum atomic E-state index is -4.41. The van der Waals surface area contributed by atoms with E-state index in [1.807, 2.05) is 18.2 Å². The first-order valence-corrected chi connectivity index (χ1v) is 9.37. The third kappa shape index (κ3) is 4.18. The Kier molecular flexibility index (Phi) is 5.13. The van der Waals surface area contributed by atoms with Crippen LogP contribution in [0.15, 0.2) is 65.3 Å². The van der Waals surface area contributed by atoms with Crippen molar-refractivity contribution in [2.24, 2.45) is 5.92 Å². The first kappa shape index (κ1) is 19.2. The molecule has 4 rings (SSSR count). The number of rotatable bonds is 4. The molecule has 1 atom stereocenters. The number of amides is 1.